The molecule has 0 fully saturated rings. The summed E-state index contributed by atoms with van der Waals surface area (Å²) in [5.74, 6) is 0.842. The van der Waals surface area contributed by atoms with Crippen molar-refractivity contribution in [3.05, 3.63) is 60.0 Å². The van der Waals surface area contributed by atoms with Crippen LogP contribution in [0.4, 0.5) is 0 Å². The standard InChI is InChI=1S/C20H23N3O2/c1-13(2)15(4)21-20(24)18-12-17(19-9-6-10-25-19)22-23(18)16-8-5-7-14(3)11-16/h5-13,15H,1-4H3,(H,21,24). The fraction of sp³-hybridized carbons (Fsp3) is 0.300. The number of furan rings is 1. The van der Waals surface area contributed by atoms with Crippen LogP contribution in [0.15, 0.2) is 53.1 Å². The van der Waals surface area contributed by atoms with Crippen LogP contribution in [0.25, 0.3) is 17.1 Å². The van der Waals surface area contributed by atoms with Gasteiger partial charge in [-0.3, -0.25) is 4.79 Å². The van der Waals surface area contributed by atoms with Crippen LogP contribution in [0, 0.1) is 12.8 Å². The van der Waals surface area contributed by atoms with Crippen molar-refractivity contribution in [2.45, 2.75) is 33.7 Å². The highest BCUT2D eigenvalue weighted by molar-refractivity contribution is 5.94. The van der Waals surface area contributed by atoms with E-state index >= 15 is 0 Å². The van der Waals surface area contributed by atoms with Crippen molar-refractivity contribution in [2.75, 3.05) is 0 Å². The first-order chi connectivity index (χ1) is 12.0. The minimum Gasteiger partial charge on any atom is -0.463 e. The van der Waals surface area contributed by atoms with Gasteiger partial charge in [-0.2, -0.15) is 5.10 Å². The van der Waals surface area contributed by atoms with Crippen molar-refractivity contribution in [3.8, 4) is 17.1 Å². The van der Waals surface area contributed by atoms with E-state index in [1.807, 2.05) is 50.2 Å². The van der Waals surface area contributed by atoms with E-state index in [0.29, 0.717) is 23.1 Å². The molecule has 3 rings (SSSR count). The number of carbonyl (C=O) groups is 1. The van der Waals surface area contributed by atoms with E-state index < -0.39 is 0 Å². The first kappa shape index (κ1) is 17.0. The quantitative estimate of drug-likeness (QED) is 0.758. The van der Waals surface area contributed by atoms with Crippen LogP contribution >= 0.6 is 0 Å². The monoisotopic (exact) mass is 337 g/mol. The third-order valence-corrected chi connectivity index (χ3v) is 4.32. The highest BCUT2D eigenvalue weighted by atomic mass is 16.3. The number of aryl methyl sites for hydroxylation is 1. The van der Waals surface area contributed by atoms with E-state index in [4.69, 9.17) is 4.42 Å². The molecule has 25 heavy (non-hydrogen) atoms. The number of carbonyl (C=O) groups excluding carboxylic acids is 1. The zero-order chi connectivity index (χ0) is 18.0. The van der Waals surface area contributed by atoms with Crippen LogP contribution in [0.2, 0.25) is 0 Å². The first-order valence-electron chi connectivity index (χ1n) is 8.47. The summed E-state index contributed by atoms with van der Waals surface area (Å²) >= 11 is 0. The molecule has 2 aromatic heterocycles. The van der Waals surface area contributed by atoms with Gasteiger partial charge in [0.2, 0.25) is 0 Å². The maximum atomic E-state index is 12.8. The van der Waals surface area contributed by atoms with Crippen molar-refractivity contribution in [2.24, 2.45) is 5.92 Å². The second-order valence-electron chi connectivity index (χ2n) is 6.65. The summed E-state index contributed by atoms with van der Waals surface area (Å²) in [6, 6.07) is 13.4. The molecule has 0 bridgehead atoms. The Labute approximate surface area is 147 Å². The van der Waals surface area contributed by atoms with E-state index in [9.17, 15) is 4.79 Å². The van der Waals surface area contributed by atoms with E-state index in [0.717, 1.165) is 11.3 Å². The SMILES string of the molecule is Cc1cccc(-n2nc(-c3ccco3)cc2C(=O)NC(C)C(C)C)c1. The van der Waals surface area contributed by atoms with Gasteiger partial charge in [0, 0.05) is 12.1 Å². The summed E-state index contributed by atoms with van der Waals surface area (Å²) < 4.78 is 7.11. The van der Waals surface area contributed by atoms with E-state index in [1.54, 1.807) is 17.0 Å². The van der Waals surface area contributed by atoms with Crippen LogP contribution < -0.4 is 5.32 Å². The first-order valence-corrected chi connectivity index (χ1v) is 8.47. The molecule has 0 spiro atoms. The van der Waals surface area contributed by atoms with Crippen molar-refractivity contribution in [1.29, 1.82) is 0 Å². The van der Waals surface area contributed by atoms with Gasteiger partial charge < -0.3 is 9.73 Å². The van der Waals surface area contributed by atoms with Gasteiger partial charge in [-0.15, -0.1) is 0 Å². The average molecular weight is 337 g/mol. The topological polar surface area (TPSA) is 60.1 Å². The molecule has 1 aromatic carbocycles. The van der Waals surface area contributed by atoms with Crippen molar-refractivity contribution in [3.63, 3.8) is 0 Å². The summed E-state index contributed by atoms with van der Waals surface area (Å²) in [4.78, 5) is 12.8. The van der Waals surface area contributed by atoms with Crippen molar-refractivity contribution in [1.82, 2.24) is 15.1 Å². The number of rotatable bonds is 5. The minimum atomic E-state index is -0.145. The van der Waals surface area contributed by atoms with Crippen LogP contribution in [-0.4, -0.2) is 21.7 Å². The molecule has 5 nitrogen and oxygen atoms in total. The maximum Gasteiger partial charge on any atom is 0.270 e. The molecule has 0 radical (unpaired) electrons. The number of nitrogens with one attached hydrogen (secondary N) is 1. The molecule has 1 atom stereocenters. The van der Waals surface area contributed by atoms with Crippen molar-refractivity contribution >= 4 is 5.91 Å². The predicted molar refractivity (Wildman–Crippen MR) is 97.8 cm³/mol. The Morgan fingerprint density at radius 1 is 1.16 bits per heavy atom. The molecule has 3 aromatic rings. The minimum absolute atomic E-state index is 0.0698. The molecule has 1 amide bonds. The predicted octanol–water partition coefficient (Wildman–Crippen LogP) is 4.22. The molecule has 1 unspecified atom stereocenters. The third kappa shape index (κ3) is 3.65. The van der Waals surface area contributed by atoms with Gasteiger partial charge in [0.25, 0.3) is 5.91 Å². The fourth-order valence-electron chi connectivity index (χ4n) is 2.49. The Hall–Kier alpha value is -2.82. The normalized spacial score (nSPS) is 12.4. The summed E-state index contributed by atoms with van der Waals surface area (Å²) in [7, 11) is 0. The van der Waals surface area contributed by atoms with Gasteiger partial charge in [-0.05, 0) is 49.6 Å². The lowest BCUT2D eigenvalue weighted by molar-refractivity contribution is 0.0922. The summed E-state index contributed by atoms with van der Waals surface area (Å²) in [6.07, 6.45) is 1.60. The van der Waals surface area contributed by atoms with E-state index in [2.05, 4.69) is 24.3 Å². The Bertz CT molecular complexity index is 863. The largest absolute Gasteiger partial charge is 0.463 e. The maximum absolute atomic E-state index is 12.8. The molecule has 0 aliphatic heterocycles. The number of hydrogen-bond donors (Lipinski definition) is 1. The zero-order valence-electron chi connectivity index (χ0n) is 15.0. The van der Waals surface area contributed by atoms with E-state index in [-0.39, 0.29) is 11.9 Å². The second-order valence-corrected chi connectivity index (χ2v) is 6.65. The highest BCUT2D eigenvalue weighted by Gasteiger charge is 2.21. The summed E-state index contributed by atoms with van der Waals surface area (Å²) in [5.41, 5.74) is 3.08. The van der Waals surface area contributed by atoms with Gasteiger partial charge in [0.05, 0.1) is 12.0 Å². The number of nitrogens with zero attached hydrogens (tertiary/aromatic N) is 2. The third-order valence-electron chi connectivity index (χ3n) is 4.32. The van der Waals surface area contributed by atoms with Gasteiger partial charge in [0.15, 0.2) is 5.76 Å². The molecule has 0 saturated heterocycles. The Morgan fingerprint density at radius 2 is 1.96 bits per heavy atom. The lowest BCUT2D eigenvalue weighted by atomic mass is 10.1. The molecule has 5 heteroatoms. The molecule has 0 saturated carbocycles. The van der Waals surface area contributed by atoms with Gasteiger partial charge in [-0.1, -0.05) is 26.0 Å². The molecular weight excluding hydrogens is 314 g/mol. The summed E-state index contributed by atoms with van der Waals surface area (Å²) in [5, 5.41) is 7.65. The molecular formula is C20H23N3O2. The fourth-order valence-corrected chi connectivity index (χ4v) is 2.49. The molecule has 0 aliphatic rings. The van der Waals surface area contributed by atoms with Crippen LogP contribution in [0.5, 0.6) is 0 Å². The van der Waals surface area contributed by atoms with Gasteiger partial charge in [0.1, 0.15) is 11.4 Å². The zero-order valence-corrected chi connectivity index (χ0v) is 15.0. The van der Waals surface area contributed by atoms with Crippen LogP contribution in [0.3, 0.4) is 0 Å². The lowest BCUT2D eigenvalue weighted by Crippen LogP contribution is -2.37. The number of aromatic nitrogens is 2. The Kier molecular flexibility index (Phi) is 4.74. The van der Waals surface area contributed by atoms with Crippen molar-refractivity contribution < 1.29 is 9.21 Å². The van der Waals surface area contributed by atoms with Gasteiger partial charge >= 0.3 is 0 Å². The number of hydrogen-bond acceptors (Lipinski definition) is 3. The number of amides is 1. The van der Waals surface area contributed by atoms with E-state index in [1.165, 1.54) is 0 Å². The molecule has 2 heterocycles. The summed E-state index contributed by atoms with van der Waals surface area (Å²) in [6.45, 7) is 8.18. The molecule has 0 aliphatic carbocycles. The molecule has 1 N–H and O–H groups in total. The Balaban J connectivity index is 2.04. The van der Waals surface area contributed by atoms with Crippen LogP contribution in [0.1, 0.15) is 36.8 Å². The Morgan fingerprint density at radius 3 is 2.60 bits per heavy atom. The second kappa shape index (κ2) is 6.97. The number of benzene rings is 1. The average Bonchev–Trinajstić information content (AvgIpc) is 3.24. The molecule has 130 valence electrons. The highest BCUT2D eigenvalue weighted by Crippen LogP contribution is 2.23. The van der Waals surface area contributed by atoms with Gasteiger partial charge in [-0.25, -0.2) is 4.68 Å². The lowest BCUT2D eigenvalue weighted by Gasteiger charge is -2.17. The smallest absolute Gasteiger partial charge is 0.270 e. The van der Waals surface area contributed by atoms with Crippen LogP contribution in [-0.2, 0) is 0 Å².